The minimum Gasteiger partial charge on any atom is -0.507 e. The molecule has 2 N–H and O–H groups in total. The Bertz CT molecular complexity index is 1050. The molecule has 0 bridgehead atoms. The van der Waals surface area contributed by atoms with Crippen LogP contribution in [-0.4, -0.2) is 35.4 Å². The normalized spacial score (nSPS) is 10.9. The van der Waals surface area contributed by atoms with Gasteiger partial charge in [0.2, 0.25) is 0 Å². The predicted octanol–water partition coefficient (Wildman–Crippen LogP) is 11.6. The lowest BCUT2D eigenvalue weighted by Gasteiger charge is -2.08. The van der Waals surface area contributed by atoms with Crippen LogP contribution in [0.5, 0.6) is 11.5 Å². The summed E-state index contributed by atoms with van der Waals surface area (Å²) in [7, 11) is 0. The number of esters is 1. The summed E-state index contributed by atoms with van der Waals surface area (Å²) in [5, 5.41) is 18.6. The summed E-state index contributed by atoms with van der Waals surface area (Å²) in [5.41, 5.74) is 0.489. The van der Waals surface area contributed by atoms with Crippen molar-refractivity contribution < 1.29 is 29.3 Å². The molecule has 0 radical (unpaired) electrons. The molecule has 0 heterocycles. The van der Waals surface area contributed by atoms with Crippen LogP contribution in [0.25, 0.3) is 0 Å². The quantitative estimate of drug-likeness (QED) is 0.0828. The Morgan fingerprint density at radius 3 is 1.46 bits per heavy atom. The van der Waals surface area contributed by atoms with Gasteiger partial charge in [0.15, 0.2) is 0 Å². The van der Waals surface area contributed by atoms with Gasteiger partial charge < -0.3 is 19.7 Å². The second-order valence-corrected chi connectivity index (χ2v) is 13.3. The van der Waals surface area contributed by atoms with Crippen molar-refractivity contribution in [2.75, 3.05) is 13.2 Å². The fourth-order valence-corrected chi connectivity index (χ4v) is 5.27. The number of aromatic carboxylic acids is 1. The van der Waals surface area contributed by atoms with Crippen molar-refractivity contribution in [3.05, 3.63) is 59.7 Å². The minimum atomic E-state index is -0.932. The summed E-state index contributed by atoms with van der Waals surface area (Å²) in [4.78, 5) is 22.8. The highest BCUT2D eigenvalue weighted by molar-refractivity contribution is 5.92. The number of phenolic OH excluding ortho intramolecular Hbond substituents is 1. The number of phenols is 1. The van der Waals surface area contributed by atoms with Gasteiger partial charge in [-0.3, -0.25) is 0 Å². The lowest BCUT2D eigenvalue weighted by molar-refractivity contribution is 0.0494. The third kappa shape index (κ3) is 21.7. The Morgan fingerprint density at radius 2 is 0.978 bits per heavy atom. The fourth-order valence-electron chi connectivity index (χ4n) is 5.27. The van der Waals surface area contributed by atoms with Gasteiger partial charge in [-0.15, -0.1) is 0 Å². The summed E-state index contributed by atoms with van der Waals surface area (Å²) in [5.74, 6) is 0.753. The molecule has 0 aliphatic heterocycles. The van der Waals surface area contributed by atoms with Gasteiger partial charge in [-0.2, -0.15) is 0 Å². The van der Waals surface area contributed by atoms with Gasteiger partial charge in [-0.25, -0.2) is 9.59 Å². The van der Waals surface area contributed by atoms with Crippen LogP contribution in [0.1, 0.15) is 164 Å². The number of ether oxygens (including phenoxy) is 2. The zero-order valence-electron chi connectivity index (χ0n) is 29.4. The zero-order chi connectivity index (χ0) is 33.8. The predicted molar refractivity (Wildman–Crippen MR) is 190 cm³/mol. The van der Waals surface area contributed by atoms with Gasteiger partial charge in [0.1, 0.15) is 22.6 Å². The second kappa shape index (κ2) is 27.1. The molecule has 0 aliphatic carbocycles. The van der Waals surface area contributed by atoms with Crippen molar-refractivity contribution in [2.24, 2.45) is 11.8 Å². The first kappa shape index (κ1) is 41.0. The van der Waals surface area contributed by atoms with Crippen LogP contribution in [0, 0.1) is 11.8 Å². The maximum atomic E-state index is 11.8. The Morgan fingerprint density at radius 1 is 0.565 bits per heavy atom. The number of rotatable bonds is 25. The number of unbranched alkanes of at least 4 members (excludes halogenated alkanes) is 14. The van der Waals surface area contributed by atoms with E-state index in [9.17, 15) is 14.7 Å². The van der Waals surface area contributed by atoms with Gasteiger partial charge in [0, 0.05) is 0 Å². The lowest BCUT2D eigenvalue weighted by atomic mass is 10.0. The number of hydrogen-bond donors (Lipinski definition) is 2. The SMILES string of the molecule is CC(C)CCCCCCCCCCOC(=O)c1ccccc1O.CC(C)CCCCCCCCCCOc1ccccc1C(=O)O. The van der Waals surface area contributed by atoms with E-state index in [1.807, 2.05) is 0 Å². The molecule has 0 atom stereocenters. The molecule has 0 spiro atoms. The van der Waals surface area contributed by atoms with Crippen LogP contribution in [0.3, 0.4) is 0 Å². The van der Waals surface area contributed by atoms with Crippen LogP contribution in [-0.2, 0) is 4.74 Å². The number of aromatic hydroxyl groups is 1. The van der Waals surface area contributed by atoms with Gasteiger partial charge in [-0.05, 0) is 48.9 Å². The van der Waals surface area contributed by atoms with Crippen molar-refractivity contribution >= 4 is 11.9 Å². The summed E-state index contributed by atoms with van der Waals surface area (Å²) in [6.45, 7) is 10.2. The van der Waals surface area contributed by atoms with E-state index < -0.39 is 11.9 Å². The van der Waals surface area contributed by atoms with Gasteiger partial charge in [0.25, 0.3) is 0 Å². The van der Waals surface area contributed by atoms with E-state index in [0.29, 0.717) is 19.0 Å². The monoisotopic (exact) mass is 640 g/mol. The number of carbonyl (C=O) groups is 2. The van der Waals surface area contributed by atoms with Crippen molar-refractivity contribution in [3.8, 4) is 11.5 Å². The molecule has 260 valence electrons. The van der Waals surface area contributed by atoms with Crippen LogP contribution in [0.4, 0.5) is 0 Å². The number of para-hydroxylation sites is 2. The minimum absolute atomic E-state index is 0.0185. The fraction of sp³-hybridized carbons (Fsp3) is 0.650. The van der Waals surface area contributed by atoms with Crippen molar-refractivity contribution in [2.45, 2.75) is 143 Å². The summed E-state index contributed by atoms with van der Waals surface area (Å²) in [6, 6.07) is 13.3. The molecular weight excluding hydrogens is 576 g/mol. The van der Waals surface area contributed by atoms with E-state index in [0.717, 1.165) is 37.5 Å². The molecular formula is C40H64O6. The summed E-state index contributed by atoms with van der Waals surface area (Å²) < 4.78 is 10.8. The Kier molecular flexibility index (Phi) is 24.2. The standard InChI is InChI=1S/2C20H32O3/c1-17(2)13-9-7-5-3-4-6-8-12-16-23-19-15-11-10-14-18(19)20(21)22;1-17(2)13-9-7-5-3-4-6-8-12-16-23-20(22)18-14-10-11-15-19(18)21/h10-11,14-15,17H,3-9,12-13,16H2,1-2H3,(H,21,22);10-11,14-15,17,21H,3-9,12-13,16H2,1-2H3. The van der Waals surface area contributed by atoms with E-state index >= 15 is 0 Å². The molecule has 0 saturated heterocycles. The third-order valence-electron chi connectivity index (χ3n) is 8.08. The second-order valence-electron chi connectivity index (χ2n) is 13.3. The highest BCUT2D eigenvalue weighted by atomic mass is 16.5. The summed E-state index contributed by atoms with van der Waals surface area (Å²) >= 11 is 0. The van der Waals surface area contributed by atoms with Crippen molar-refractivity contribution in [1.82, 2.24) is 0 Å². The molecule has 6 heteroatoms. The van der Waals surface area contributed by atoms with Crippen LogP contribution in [0.15, 0.2) is 48.5 Å². The van der Waals surface area contributed by atoms with Crippen molar-refractivity contribution in [3.63, 3.8) is 0 Å². The van der Waals surface area contributed by atoms with Crippen LogP contribution >= 0.6 is 0 Å². The molecule has 0 saturated carbocycles. The van der Waals surface area contributed by atoms with Crippen molar-refractivity contribution in [1.29, 1.82) is 0 Å². The number of hydrogen-bond acceptors (Lipinski definition) is 5. The molecule has 2 aromatic carbocycles. The number of carboxylic acid groups (broad SMARTS) is 1. The molecule has 2 aromatic rings. The Hall–Kier alpha value is -3.02. The average molecular weight is 641 g/mol. The highest BCUT2D eigenvalue weighted by Crippen LogP contribution is 2.19. The molecule has 0 aliphatic rings. The first-order valence-electron chi connectivity index (χ1n) is 18.1. The maximum absolute atomic E-state index is 11.8. The summed E-state index contributed by atoms with van der Waals surface area (Å²) in [6.07, 6.45) is 22.7. The maximum Gasteiger partial charge on any atom is 0.341 e. The van der Waals surface area contributed by atoms with E-state index in [1.54, 1.807) is 42.5 Å². The molecule has 0 aromatic heterocycles. The molecule has 0 fully saturated rings. The molecule has 2 rings (SSSR count). The molecule has 6 nitrogen and oxygen atoms in total. The van der Waals surface area contributed by atoms with Crippen LogP contribution in [0.2, 0.25) is 0 Å². The van der Waals surface area contributed by atoms with Gasteiger partial charge in [-0.1, -0.05) is 155 Å². The van der Waals surface area contributed by atoms with Gasteiger partial charge >= 0.3 is 11.9 Å². The van der Waals surface area contributed by atoms with E-state index in [1.165, 1.54) is 96.0 Å². The van der Waals surface area contributed by atoms with E-state index in [2.05, 4.69) is 27.7 Å². The first-order chi connectivity index (χ1) is 22.2. The molecule has 46 heavy (non-hydrogen) atoms. The lowest BCUT2D eigenvalue weighted by Crippen LogP contribution is -2.06. The molecule has 0 unspecified atom stereocenters. The number of carboxylic acids is 1. The first-order valence-corrected chi connectivity index (χ1v) is 18.1. The average Bonchev–Trinajstić information content (AvgIpc) is 3.02. The van der Waals surface area contributed by atoms with Crippen LogP contribution < -0.4 is 4.74 Å². The van der Waals surface area contributed by atoms with E-state index in [-0.39, 0.29) is 16.9 Å². The topological polar surface area (TPSA) is 93.1 Å². The molecule has 0 amide bonds. The third-order valence-corrected chi connectivity index (χ3v) is 8.08. The van der Waals surface area contributed by atoms with E-state index in [4.69, 9.17) is 14.6 Å². The number of benzene rings is 2. The highest BCUT2D eigenvalue weighted by Gasteiger charge is 2.11. The number of carbonyl (C=O) groups excluding carboxylic acids is 1. The van der Waals surface area contributed by atoms with Gasteiger partial charge in [0.05, 0.1) is 13.2 Å². The smallest absolute Gasteiger partial charge is 0.341 e. The largest absolute Gasteiger partial charge is 0.507 e. The Balaban J connectivity index is 0.000000460. The zero-order valence-corrected chi connectivity index (χ0v) is 29.4. The Labute approximate surface area is 280 Å².